The summed E-state index contributed by atoms with van der Waals surface area (Å²) in [6, 6.07) is 13.7. The Morgan fingerprint density at radius 3 is 2.26 bits per heavy atom. The molecule has 0 aliphatic heterocycles. The van der Waals surface area contributed by atoms with Crippen LogP contribution in [-0.4, -0.2) is 26.8 Å². The summed E-state index contributed by atoms with van der Waals surface area (Å²) >= 11 is 0. The van der Waals surface area contributed by atoms with E-state index in [-0.39, 0.29) is 27.3 Å². The van der Waals surface area contributed by atoms with E-state index in [1.54, 1.807) is 0 Å². The molecular weight excluding hydrogens is 428 g/mol. The van der Waals surface area contributed by atoms with Gasteiger partial charge in [-0.25, -0.2) is 22.0 Å². The molecule has 0 bridgehead atoms. The van der Waals surface area contributed by atoms with Crippen LogP contribution in [0.4, 0.5) is 14.5 Å². The van der Waals surface area contributed by atoms with Crippen molar-refractivity contribution in [2.24, 2.45) is 0 Å². The number of benzene rings is 3. The lowest BCUT2D eigenvalue weighted by molar-refractivity contribution is 0.0476. The maximum absolute atomic E-state index is 13.3. The second-order valence-electron chi connectivity index (χ2n) is 6.57. The number of Topliss-reactive ketones (excluding diaryl/α,β-unsaturated/α-hetero) is 1. The van der Waals surface area contributed by atoms with E-state index < -0.39 is 40.0 Å². The number of para-hydroxylation sites is 1. The molecule has 0 aliphatic carbocycles. The van der Waals surface area contributed by atoms with Crippen molar-refractivity contribution >= 4 is 27.5 Å². The van der Waals surface area contributed by atoms with Crippen LogP contribution < -0.4 is 4.72 Å². The number of carbonyl (C=O) groups is 2. The lowest BCUT2D eigenvalue weighted by atomic mass is 10.1. The zero-order valence-electron chi connectivity index (χ0n) is 16.3. The van der Waals surface area contributed by atoms with Crippen molar-refractivity contribution in [3.63, 3.8) is 0 Å². The van der Waals surface area contributed by atoms with Gasteiger partial charge in [0.05, 0.1) is 16.1 Å². The van der Waals surface area contributed by atoms with Crippen LogP contribution in [0.2, 0.25) is 0 Å². The van der Waals surface area contributed by atoms with Gasteiger partial charge in [0, 0.05) is 5.56 Å². The summed E-state index contributed by atoms with van der Waals surface area (Å²) in [4.78, 5) is 24.4. The number of carbonyl (C=O) groups excluding carboxylic acids is 2. The van der Waals surface area contributed by atoms with E-state index in [0.29, 0.717) is 0 Å². The number of rotatable bonds is 7. The molecule has 0 amide bonds. The standard InChI is InChI=1S/C22H17F2NO5S/c1-14-12-17(24)10-11-21(14)31(28,29)25-19-5-3-2-4-18(19)22(27)30-13-20(26)15-6-8-16(23)9-7-15/h2-12,25H,13H2,1H3. The van der Waals surface area contributed by atoms with Crippen molar-refractivity contribution < 1.29 is 31.5 Å². The van der Waals surface area contributed by atoms with Gasteiger partial charge < -0.3 is 4.74 Å². The first-order valence-corrected chi connectivity index (χ1v) is 10.5. The predicted octanol–water partition coefficient (Wildman–Crippen LogP) is 4.11. The largest absolute Gasteiger partial charge is 0.454 e. The normalized spacial score (nSPS) is 11.1. The summed E-state index contributed by atoms with van der Waals surface area (Å²) in [5.74, 6) is -2.56. The summed E-state index contributed by atoms with van der Waals surface area (Å²) < 4.78 is 59.0. The summed E-state index contributed by atoms with van der Waals surface area (Å²) in [6.07, 6.45) is 0. The van der Waals surface area contributed by atoms with E-state index >= 15 is 0 Å². The maximum atomic E-state index is 13.3. The number of hydrogen-bond donors (Lipinski definition) is 1. The monoisotopic (exact) mass is 445 g/mol. The first-order valence-electron chi connectivity index (χ1n) is 9.01. The molecule has 31 heavy (non-hydrogen) atoms. The minimum absolute atomic E-state index is 0.0644. The molecule has 0 aliphatic rings. The number of aryl methyl sites for hydroxylation is 1. The average Bonchev–Trinajstić information content (AvgIpc) is 2.72. The van der Waals surface area contributed by atoms with Gasteiger partial charge in [-0.2, -0.15) is 0 Å². The zero-order valence-corrected chi connectivity index (χ0v) is 17.1. The highest BCUT2D eigenvalue weighted by Gasteiger charge is 2.22. The first kappa shape index (κ1) is 22.1. The van der Waals surface area contributed by atoms with Crippen molar-refractivity contribution in [1.82, 2.24) is 0 Å². The molecule has 1 N–H and O–H groups in total. The van der Waals surface area contributed by atoms with Gasteiger partial charge in [0.2, 0.25) is 0 Å². The van der Waals surface area contributed by atoms with Gasteiger partial charge in [-0.05, 0) is 67.1 Å². The molecule has 3 aromatic carbocycles. The third kappa shape index (κ3) is 5.32. The highest BCUT2D eigenvalue weighted by Crippen LogP contribution is 2.23. The minimum Gasteiger partial charge on any atom is -0.454 e. The van der Waals surface area contributed by atoms with Gasteiger partial charge >= 0.3 is 5.97 Å². The molecule has 160 valence electrons. The van der Waals surface area contributed by atoms with E-state index in [2.05, 4.69) is 4.72 Å². The highest BCUT2D eigenvalue weighted by molar-refractivity contribution is 7.92. The van der Waals surface area contributed by atoms with Crippen LogP contribution >= 0.6 is 0 Å². The summed E-state index contributed by atoms with van der Waals surface area (Å²) in [7, 11) is -4.12. The van der Waals surface area contributed by atoms with Crippen LogP contribution in [0.15, 0.2) is 71.6 Å². The molecule has 0 saturated heterocycles. The number of nitrogens with one attached hydrogen (secondary N) is 1. The van der Waals surface area contributed by atoms with Crippen LogP contribution in [0.1, 0.15) is 26.3 Å². The first-order chi connectivity index (χ1) is 14.7. The summed E-state index contributed by atoms with van der Waals surface area (Å²) in [5, 5.41) is 0. The molecule has 0 unspecified atom stereocenters. The Balaban J connectivity index is 1.77. The van der Waals surface area contributed by atoms with Gasteiger partial charge in [0.1, 0.15) is 11.6 Å². The molecular formula is C22H17F2NO5S. The smallest absolute Gasteiger partial charge is 0.340 e. The summed E-state index contributed by atoms with van der Waals surface area (Å²) in [5.41, 5.74) is 0.177. The molecule has 0 radical (unpaired) electrons. The van der Waals surface area contributed by atoms with Gasteiger partial charge in [-0.3, -0.25) is 9.52 Å². The third-order valence-electron chi connectivity index (χ3n) is 4.32. The number of ketones is 1. The Morgan fingerprint density at radius 1 is 0.935 bits per heavy atom. The van der Waals surface area contributed by atoms with Crippen LogP contribution in [0.3, 0.4) is 0 Å². The van der Waals surface area contributed by atoms with E-state index in [1.807, 2.05) is 0 Å². The number of sulfonamides is 1. The Labute approximate surface area is 177 Å². The van der Waals surface area contributed by atoms with Crippen LogP contribution in [0.25, 0.3) is 0 Å². The predicted molar refractivity (Wildman–Crippen MR) is 109 cm³/mol. The quantitative estimate of drug-likeness (QED) is 0.437. The van der Waals surface area contributed by atoms with Crippen LogP contribution in [0, 0.1) is 18.6 Å². The lowest BCUT2D eigenvalue weighted by Crippen LogP contribution is -2.19. The van der Waals surface area contributed by atoms with Gasteiger partial charge in [-0.1, -0.05) is 12.1 Å². The second kappa shape index (κ2) is 9.05. The number of halogens is 2. The molecule has 0 saturated carbocycles. The Morgan fingerprint density at radius 2 is 1.58 bits per heavy atom. The molecule has 0 atom stereocenters. The topological polar surface area (TPSA) is 89.5 Å². The fourth-order valence-corrected chi connectivity index (χ4v) is 4.10. The Hall–Kier alpha value is -3.59. The molecule has 3 aromatic rings. The van der Waals surface area contributed by atoms with E-state index in [4.69, 9.17) is 4.74 Å². The third-order valence-corrected chi connectivity index (χ3v) is 5.84. The summed E-state index contributed by atoms with van der Waals surface area (Å²) in [6.45, 7) is 0.835. The number of anilines is 1. The van der Waals surface area contributed by atoms with Crippen LogP contribution in [0.5, 0.6) is 0 Å². The Kier molecular flexibility index (Phi) is 6.45. The number of hydrogen-bond acceptors (Lipinski definition) is 5. The molecule has 0 heterocycles. The van der Waals surface area contributed by atoms with Crippen molar-refractivity contribution in [1.29, 1.82) is 0 Å². The fraction of sp³-hybridized carbons (Fsp3) is 0.0909. The van der Waals surface area contributed by atoms with E-state index in [9.17, 15) is 26.8 Å². The molecule has 9 heteroatoms. The minimum atomic E-state index is -4.12. The van der Waals surface area contributed by atoms with Crippen molar-refractivity contribution in [3.05, 3.63) is 95.1 Å². The average molecular weight is 445 g/mol. The van der Waals surface area contributed by atoms with Crippen LogP contribution in [-0.2, 0) is 14.8 Å². The molecule has 3 rings (SSSR count). The van der Waals surface area contributed by atoms with Crippen molar-refractivity contribution in [3.8, 4) is 0 Å². The molecule has 0 aromatic heterocycles. The molecule has 0 spiro atoms. The second-order valence-corrected chi connectivity index (χ2v) is 8.22. The van der Waals surface area contributed by atoms with Crippen molar-refractivity contribution in [2.45, 2.75) is 11.8 Å². The SMILES string of the molecule is Cc1cc(F)ccc1S(=O)(=O)Nc1ccccc1C(=O)OCC(=O)c1ccc(F)cc1. The Bertz CT molecular complexity index is 1240. The van der Waals surface area contributed by atoms with Gasteiger partial charge in [0.15, 0.2) is 12.4 Å². The molecule has 6 nitrogen and oxygen atoms in total. The number of ether oxygens (including phenoxy) is 1. The fourth-order valence-electron chi connectivity index (χ4n) is 2.79. The van der Waals surface area contributed by atoms with Gasteiger partial charge in [0.25, 0.3) is 10.0 Å². The van der Waals surface area contributed by atoms with Crippen molar-refractivity contribution in [2.75, 3.05) is 11.3 Å². The maximum Gasteiger partial charge on any atom is 0.340 e. The lowest BCUT2D eigenvalue weighted by Gasteiger charge is -2.13. The molecule has 0 fully saturated rings. The van der Waals surface area contributed by atoms with E-state index in [0.717, 1.165) is 30.3 Å². The van der Waals surface area contributed by atoms with Gasteiger partial charge in [-0.15, -0.1) is 0 Å². The zero-order chi connectivity index (χ0) is 22.6. The van der Waals surface area contributed by atoms with E-state index in [1.165, 1.54) is 43.3 Å². The number of esters is 1. The highest BCUT2D eigenvalue weighted by atomic mass is 32.2.